The number of likely N-dealkylation sites (tertiary alicyclic amines) is 1. The van der Waals surface area contributed by atoms with E-state index in [1.807, 2.05) is 0 Å². The molecule has 0 bridgehead atoms. The van der Waals surface area contributed by atoms with Gasteiger partial charge in [0.25, 0.3) is 11.8 Å². The third kappa shape index (κ3) is 3.04. The van der Waals surface area contributed by atoms with Crippen molar-refractivity contribution in [1.29, 1.82) is 0 Å². The van der Waals surface area contributed by atoms with Crippen molar-refractivity contribution in [2.45, 2.75) is 37.7 Å². The van der Waals surface area contributed by atoms with Crippen LogP contribution in [0.3, 0.4) is 0 Å². The SMILES string of the molecule is CN1CC[C@@](O)(C#Cc2ccnc(-n3nc(C(N)=O)c4c3CCCC4)c2)C1=O. The molecular formula is C20H21N5O3. The summed E-state index contributed by atoms with van der Waals surface area (Å²) in [5.41, 5.74) is 6.58. The monoisotopic (exact) mass is 379 g/mol. The van der Waals surface area contributed by atoms with Crippen LogP contribution in [0, 0.1) is 11.8 Å². The van der Waals surface area contributed by atoms with Gasteiger partial charge < -0.3 is 15.7 Å². The second-order valence-electron chi connectivity index (χ2n) is 7.25. The van der Waals surface area contributed by atoms with Crippen LogP contribution in [0.15, 0.2) is 18.3 Å². The average Bonchev–Trinajstić information content (AvgIpc) is 3.21. The summed E-state index contributed by atoms with van der Waals surface area (Å²) in [5, 5.41) is 14.8. The summed E-state index contributed by atoms with van der Waals surface area (Å²) in [4.78, 5) is 29.7. The van der Waals surface area contributed by atoms with E-state index in [-0.39, 0.29) is 12.3 Å². The predicted molar refractivity (Wildman–Crippen MR) is 101 cm³/mol. The lowest BCUT2D eigenvalue weighted by Gasteiger charge is -2.14. The molecule has 2 amide bonds. The molecule has 1 fully saturated rings. The normalized spacial score (nSPS) is 21.2. The van der Waals surface area contributed by atoms with Crippen molar-refractivity contribution in [3.8, 4) is 17.7 Å². The number of carbonyl (C=O) groups excluding carboxylic acids is 2. The minimum atomic E-state index is -1.65. The molecule has 1 aliphatic carbocycles. The fourth-order valence-electron chi connectivity index (χ4n) is 3.74. The zero-order chi connectivity index (χ0) is 19.9. The molecule has 0 aromatic carbocycles. The lowest BCUT2D eigenvalue weighted by Crippen LogP contribution is -2.37. The number of aromatic nitrogens is 3. The number of amides is 2. The maximum absolute atomic E-state index is 12.1. The van der Waals surface area contributed by atoms with Crippen molar-refractivity contribution in [2.75, 3.05) is 13.6 Å². The zero-order valence-electron chi connectivity index (χ0n) is 15.6. The molecule has 8 heteroatoms. The molecule has 1 aliphatic heterocycles. The number of rotatable bonds is 2. The molecule has 144 valence electrons. The quantitative estimate of drug-likeness (QED) is 0.723. The fraction of sp³-hybridized carbons (Fsp3) is 0.400. The summed E-state index contributed by atoms with van der Waals surface area (Å²) < 4.78 is 1.66. The Kier molecular flexibility index (Phi) is 4.40. The number of hydrogen-bond donors (Lipinski definition) is 2. The van der Waals surface area contributed by atoms with E-state index in [9.17, 15) is 14.7 Å². The van der Waals surface area contributed by atoms with E-state index in [4.69, 9.17) is 5.73 Å². The fourth-order valence-corrected chi connectivity index (χ4v) is 3.74. The number of fused-ring (bicyclic) bond motifs is 1. The lowest BCUT2D eigenvalue weighted by atomic mass is 9.95. The molecule has 2 aliphatic rings. The second kappa shape index (κ2) is 6.77. The number of nitrogens with zero attached hydrogens (tertiary/aromatic N) is 4. The molecule has 3 heterocycles. The minimum Gasteiger partial charge on any atom is -0.369 e. The molecule has 0 saturated carbocycles. The van der Waals surface area contributed by atoms with Crippen LogP contribution in [0.4, 0.5) is 0 Å². The van der Waals surface area contributed by atoms with Gasteiger partial charge in [0.05, 0.1) is 5.69 Å². The Morgan fingerprint density at radius 3 is 2.86 bits per heavy atom. The van der Waals surface area contributed by atoms with E-state index in [1.54, 1.807) is 30.1 Å². The Hall–Kier alpha value is -3.18. The number of hydrogen-bond acceptors (Lipinski definition) is 5. The van der Waals surface area contributed by atoms with Gasteiger partial charge in [-0.15, -0.1) is 0 Å². The Morgan fingerprint density at radius 2 is 2.14 bits per heavy atom. The molecule has 0 spiro atoms. The van der Waals surface area contributed by atoms with E-state index >= 15 is 0 Å². The topological polar surface area (TPSA) is 114 Å². The first kappa shape index (κ1) is 18.2. The van der Waals surface area contributed by atoms with E-state index < -0.39 is 11.5 Å². The van der Waals surface area contributed by atoms with E-state index in [1.165, 1.54) is 4.90 Å². The van der Waals surface area contributed by atoms with Crippen LogP contribution in [-0.4, -0.2) is 55.8 Å². The van der Waals surface area contributed by atoms with Gasteiger partial charge in [-0.25, -0.2) is 9.67 Å². The van der Waals surface area contributed by atoms with Crippen molar-refractivity contribution in [3.05, 3.63) is 40.8 Å². The Labute approximate surface area is 162 Å². The number of carbonyl (C=O) groups is 2. The van der Waals surface area contributed by atoms with Gasteiger partial charge in [-0.1, -0.05) is 11.8 Å². The highest BCUT2D eigenvalue weighted by molar-refractivity contribution is 5.92. The van der Waals surface area contributed by atoms with Crippen LogP contribution in [0.2, 0.25) is 0 Å². The van der Waals surface area contributed by atoms with Crippen LogP contribution in [0.1, 0.15) is 46.6 Å². The van der Waals surface area contributed by atoms with Crippen LogP contribution >= 0.6 is 0 Å². The summed E-state index contributed by atoms with van der Waals surface area (Å²) >= 11 is 0. The zero-order valence-corrected chi connectivity index (χ0v) is 15.6. The van der Waals surface area contributed by atoms with Crippen molar-refractivity contribution >= 4 is 11.8 Å². The number of primary amides is 1. The van der Waals surface area contributed by atoms with Gasteiger partial charge in [-0.05, 0) is 37.8 Å². The maximum Gasteiger partial charge on any atom is 0.269 e. The van der Waals surface area contributed by atoms with Crippen molar-refractivity contribution in [3.63, 3.8) is 0 Å². The summed E-state index contributed by atoms with van der Waals surface area (Å²) in [5.74, 6) is 5.18. The van der Waals surface area contributed by atoms with Gasteiger partial charge in [0.2, 0.25) is 5.60 Å². The van der Waals surface area contributed by atoms with Gasteiger partial charge in [-0.2, -0.15) is 5.10 Å². The first-order chi connectivity index (χ1) is 13.4. The number of pyridine rings is 1. The van der Waals surface area contributed by atoms with E-state index in [2.05, 4.69) is 21.9 Å². The molecule has 28 heavy (non-hydrogen) atoms. The molecule has 2 aromatic heterocycles. The standard InChI is InChI=1S/C20H21N5O3/c1-24-11-9-20(28,19(24)27)8-6-13-7-10-22-16(12-13)25-15-5-3-2-4-14(15)17(23-25)18(21)26/h7,10,12,28H,2-5,9,11H2,1H3,(H2,21,26)/t20-/m0/s1. The Morgan fingerprint density at radius 1 is 1.36 bits per heavy atom. The average molecular weight is 379 g/mol. The first-order valence-electron chi connectivity index (χ1n) is 9.27. The molecule has 3 N–H and O–H groups in total. The van der Waals surface area contributed by atoms with Gasteiger partial charge in [-0.3, -0.25) is 9.59 Å². The van der Waals surface area contributed by atoms with Gasteiger partial charge >= 0.3 is 0 Å². The number of likely N-dealkylation sites (N-methyl/N-ethyl adjacent to an activating group) is 1. The molecule has 8 nitrogen and oxygen atoms in total. The first-order valence-corrected chi connectivity index (χ1v) is 9.27. The molecule has 1 saturated heterocycles. The van der Waals surface area contributed by atoms with E-state index in [0.29, 0.717) is 23.6 Å². The maximum atomic E-state index is 12.1. The number of nitrogens with two attached hydrogens (primary N) is 1. The molecule has 0 radical (unpaired) electrons. The highest BCUT2D eigenvalue weighted by Gasteiger charge is 2.42. The number of aliphatic hydroxyl groups is 1. The van der Waals surface area contributed by atoms with Crippen molar-refractivity contribution in [1.82, 2.24) is 19.7 Å². The second-order valence-corrected chi connectivity index (χ2v) is 7.25. The van der Waals surface area contributed by atoms with Crippen LogP contribution < -0.4 is 5.73 Å². The van der Waals surface area contributed by atoms with Gasteiger partial charge in [0, 0.05) is 37.3 Å². The van der Waals surface area contributed by atoms with Crippen molar-refractivity contribution < 1.29 is 14.7 Å². The third-order valence-corrected chi connectivity index (χ3v) is 5.30. The van der Waals surface area contributed by atoms with Crippen molar-refractivity contribution in [2.24, 2.45) is 5.73 Å². The summed E-state index contributed by atoms with van der Waals surface area (Å²) in [6.45, 7) is 0.473. The molecule has 1 atom stereocenters. The molecule has 2 aromatic rings. The molecule has 0 unspecified atom stereocenters. The highest BCUT2D eigenvalue weighted by Crippen LogP contribution is 2.26. The Bertz CT molecular complexity index is 1030. The smallest absolute Gasteiger partial charge is 0.269 e. The highest BCUT2D eigenvalue weighted by atomic mass is 16.3. The third-order valence-electron chi connectivity index (χ3n) is 5.30. The van der Waals surface area contributed by atoms with E-state index in [0.717, 1.165) is 36.9 Å². The van der Waals surface area contributed by atoms with Crippen LogP contribution in [-0.2, 0) is 17.6 Å². The lowest BCUT2D eigenvalue weighted by molar-refractivity contribution is -0.137. The van der Waals surface area contributed by atoms with Crippen LogP contribution in [0.5, 0.6) is 0 Å². The molecular weight excluding hydrogens is 358 g/mol. The van der Waals surface area contributed by atoms with Gasteiger partial charge in [0.1, 0.15) is 0 Å². The summed E-state index contributed by atoms with van der Waals surface area (Å²) in [6.07, 6.45) is 5.45. The summed E-state index contributed by atoms with van der Waals surface area (Å²) in [7, 11) is 1.64. The van der Waals surface area contributed by atoms with Crippen LogP contribution in [0.25, 0.3) is 5.82 Å². The Balaban J connectivity index is 1.71. The summed E-state index contributed by atoms with van der Waals surface area (Å²) in [6, 6.07) is 3.43. The largest absolute Gasteiger partial charge is 0.369 e. The minimum absolute atomic E-state index is 0.280. The molecule has 4 rings (SSSR count). The van der Waals surface area contributed by atoms with Gasteiger partial charge in [0.15, 0.2) is 11.5 Å². The predicted octanol–water partition coefficient (Wildman–Crippen LogP) is 0.190.